The van der Waals surface area contributed by atoms with Gasteiger partial charge < -0.3 is 20.1 Å². The van der Waals surface area contributed by atoms with Gasteiger partial charge in [-0.3, -0.25) is 14.2 Å². The molecule has 0 saturated carbocycles. The number of ether oxygens (including phenoxy) is 2. The minimum atomic E-state index is -0.475. The van der Waals surface area contributed by atoms with Crippen LogP contribution in [0.1, 0.15) is 13.8 Å². The van der Waals surface area contributed by atoms with Crippen LogP contribution in [-0.2, 0) is 9.59 Å². The summed E-state index contributed by atoms with van der Waals surface area (Å²) in [6, 6.07) is 12.5. The van der Waals surface area contributed by atoms with E-state index in [1.807, 2.05) is 12.1 Å². The van der Waals surface area contributed by atoms with Crippen molar-refractivity contribution in [2.75, 3.05) is 24.9 Å². The van der Waals surface area contributed by atoms with Gasteiger partial charge in [0.25, 0.3) is 0 Å². The van der Waals surface area contributed by atoms with Crippen LogP contribution in [0.15, 0.2) is 53.9 Å². The highest BCUT2D eigenvalue weighted by atomic mass is 32.2. The number of carbonyl (C=O) groups is 2. The Labute approximate surface area is 184 Å². The first-order chi connectivity index (χ1) is 14.9. The maximum Gasteiger partial charge on any atom is 0.237 e. The van der Waals surface area contributed by atoms with Gasteiger partial charge in [0.1, 0.15) is 17.8 Å². The molecule has 0 aliphatic rings. The summed E-state index contributed by atoms with van der Waals surface area (Å²) in [5.41, 5.74) is 1.94. The van der Waals surface area contributed by atoms with Crippen LogP contribution in [0.5, 0.6) is 11.5 Å². The Morgan fingerprint density at radius 3 is 2.61 bits per heavy atom. The number of thioether (sulfide) groups is 1. The number of hydrogen-bond donors (Lipinski definition) is 2. The molecule has 0 aliphatic heterocycles. The number of nitrogens with zero attached hydrogens (tertiary/aromatic N) is 3. The first kappa shape index (κ1) is 22.2. The van der Waals surface area contributed by atoms with Crippen molar-refractivity contribution in [1.82, 2.24) is 14.8 Å². The first-order valence-corrected chi connectivity index (χ1v) is 10.3. The van der Waals surface area contributed by atoms with E-state index < -0.39 is 5.25 Å². The monoisotopic (exact) mass is 441 g/mol. The number of amides is 2. The predicted octanol–water partition coefficient (Wildman–Crippen LogP) is 3.36. The Bertz CT molecular complexity index is 1090. The second-order valence-electron chi connectivity index (χ2n) is 6.53. The maximum atomic E-state index is 12.8. The zero-order chi connectivity index (χ0) is 22.4. The van der Waals surface area contributed by atoms with E-state index in [2.05, 4.69) is 20.8 Å². The van der Waals surface area contributed by atoms with Crippen molar-refractivity contribution in [2.45, 2.75) is 24.3 Å². The van der Waals surface area contributed by atoms with Gasteiger partial charge in [0.2, 0.25) is 11.8 Å². The maximum absolute atomic E-state index is 12.8. The summed E-state index contributed by atoms with van der Waals surface area (Å²) in [4.78, 5) is 24.1. The molecule has 1 heterocycles. The molecule has 1 aromatic heterocycles. The summed E-state index contributed by atoms with van der Waals surface area (Å²) in [6.07, 6.45) is 1.56. The van der Waals surface area contributed by atoms with E-state index in [-0.39, 0.29) is 11.8 Å². The summed E-state index contributed by atoms with van der Waals surface area (Å²) in [6.45, 7) is 3.23. The molecule has 162 valence electrons. The van der Waals surface area contributed by atoms with Crippen molar-refractivity contribution >= 4 is 35.0 Å². The lowest BCUT2D eigenvalue weighted by molar-refractivity contribution is -0.115. The Morgan fingerprint density at radius 2 is 1.90 bits per heavy atom. The minimum Gasteiger partial charge on any atom is -0.497 e. The van der Waals surface area contributed by atoms with Crippen LogP contribution in [0.25, 0.3) is 5.69 Å². The number of anilines is 2. The number of nitrogens with one attached hydrogen (secondary N) is 2. The van der Waals surface area contributed by atoms with Crippen molar-refractivity contribution in [2.24, 2.45) is 0 Å². The van der Waals surface area contributed by atoms with Gasteiger partial charge in [-0.25, -0.2) is 0 Å². The molecule has 0 bridgehead atoms. The molecule has 0 spiro atoms. The smallest absolute Gasteiger partial charge is 0.237 e. The van der Waals surface area contributed by atoms with Gasteiger partial charge in [-0.05, 0) is 37.3 Å². The molecule has 0 aliphatic carbocycles. The predicted molar refractivity (Wildman–Crippen MR) is 119 cm³/mol. The van der Waals surface area contributed by atoms with Gasteiger partial charge in [0.05, 0.1) is 30.8 Å². The van der Waals surface area contributed by atoms with E-state index in [0.29, 0.717) is 28.0 Å². The Hall–Kier alpha value is -3.53. The summed E-state index contributed by atoms with van der Waals surface area (Å²) in [7, 11) is 3.09. The summed E-state index contributed by atoms with van der Waals surface area (Å²) in [5, 5.41) is 13.8. The largest absolute Gasteiger partial charge is 0.497 e. The Morgan fingerprint density at radius 1 is 1.10 bits per heavy atom. The molecule has 2 aromatic carbocycles. The Kier molecular flexibility index (Phi) is 7.14. The molecule has 1 atom stereocenters. The van der Waals surface area contributed by atoms with Crippen molar-refractivity contribution in [3.8, 4) is 17.2 Å². The third kappa shape index (κ3) is 5.54. The number of carbonyl (C=O) groups excluding carboxylic acids is 2. The van der Waals surface area contributed by atoms with Gasteiger partial charge >= 0.3 is 0 Å². The number of aromatic nitrogens is 3. The van der Waals surface area contributed by atoms with Gasteiger partial charge in [-0.15, -0.1) is 10.2 Å². The van der Waals surface area contributed by atoms with E-state index in [9.17, 15) is 9.59 Å². The average Bonchev–Trinajstić information content (AvgIpc) is 3.21. The van der Waals surface area contributed by atoms with Gasteiger partial charge in [0, 0.05) is 18.7 Å². The van der Waals surface area contributed by atoms with E-state index in [1.165, 1.54) is 25.8 Å². The van der Waals surface area contributed by atoms with Crippen LogP contribution in [0.2, 0.25) is 0 Å². The lowest BCUT2D eigenvalue weighted by Gasteiger charge is -2.15. The summed E-state index contributed by atoms with van der Waals surface area (Å²) >= 11 is 1.26. The second-order valence-corrected chi connectivity index (χ2v) is 7.84. The molecule has 0 fully saturated rings. The molecule has 9 nitrogen and oxygen atoms in total. The fourth-order valence-electron chi connectivity index (χ4n) is 2.78. The van der Waals surface area contributed by atoms with Crippen molar-refractivity contribution in [1.29, 1.82) is 0 Å². The fraction of sp³-hybridized carbons (Fsp3) is 0.238. The highest BCUT2D eigenvalue weighted by molar-refractivity contribution is 8.00. The molecule has 0 radical (unpaired) electrons. The average molecular weight is 442 g/mol. The highest BCUT2D eigenvalue weighted by Crippen LogP contribution is 2.31. The topological polar surface area (TPSA) is 107 Å². The minimum absolute atomic E-state index is 0.159. The lowest BCUT2D eigenvalue weighted by Crippen LogP contribution is -2.23. The molecular weight excluding hydrogens is 418 g/mol. The molecule has 3 aromatic rings. The number of rotatable bonds is 8. The van der Waals surface area contributed by atoms with Gasteiger partial charge in [-0.1, -0.05) is 17.8 Å². The fourth-order valence-corrected chi connectivity index (χ4v) is 3.62. The van der Waals surface area contributed by atoms with Crippen molar-refractivity contribution in [3.63, 3.8) is 0 Å². The van der Waals surface area contributed by atoms with E-state index in [0.717, 1.165) is 5.69 Å². The van der Waals surface area contributed by atoms with Crippen LogP contribution in [0, 0.1) is 0 Å². The van der Waals surface area contributed by atoms with Crippen LogP contribution in [0.3, 0.4) is 0 Å². The van der Waals surface area contributed by atoms with Crippen LogP contribution in [0.4, 0.5) is 11.4 Å². The number of methoxy groups -OCH3 is 2. The third-order valence-corrected chi connectivity index (χ3v) is 5.33. The lowest BCUT2D eigenvalue weighted by atomic mass is 10.2. The van der Waals surface area contributed by atoms with Crippen LogP contribution < -0.4 is 20.1 Å². The molecule has 2 amide bonds. The summed E-state index contributed by atoms with van der Waals surface area (Å²) in [5.74, 6) is 0.756. The Balaban J connectivity index is 1.75. The molecule has 31 heavy (non-hydrogen) atoms. The molecule has 3 rings (SSSR count). The summed E-state index contributed by atoms with van der Waals surface area (Å²) < 4.78 is 12.3. The van der Waals surface area contributed by atoms with Crippen LogP contribution >= 0.6 is 11.8 Å². The van der Waals surface area contributed by atoms with Crippen LogP contribution in [-0.4, -0.2) is 46.0 Å². The van der Waals surface area contributed by atoms with Crippen molar-refractivity contribution in [3.05, 3.63) is 48.8 Å². The van der Waals surface area contributed by atoms with Gasteiger partial charge in [-0.2, -0.15) is 0 Å². The highest BCUT2D eigenvalue weighted by Gasteiger charge is 2.20. The van der Waals surface area contributed by atoms with Gasteiger partial charge in [0.15, 0.2) is 5.16 Å². The molecule has 1 unspecified atom stereocenters. The second kappa shape index (κ2) is 9.98. The zero-order valence-corrected chi connectivity index (χ0v) is 18.4. The van der Waals surface area contributed by atoms with E-state index in [4.69, 9.17) is 9.47 Å². The molecular formula is C21H23N5O4S. The number of hydrogen-bond acceptors (Lipinski definition) is 7. The molecule has 10 heteroatoms. The first-order valence-electron chi connectivity index (χ1n) is 9.39. The SMILES string of the molecule is COc1ccc(OC)c(NC(=O)C(C)Sc2nncn2-c2cccc(NC(C)=O)c2)c1. The van der Waals surface area contributed by atoms with E-state index in [1.54, 1.807) is 55.3 Å². The van der Waals surface area contributed by atoms with Crippen molar-refractivity contribution < 1.29 is 19.1 Å². The van der Waals surface area contributed by atoms with E-state index >= 15 is 0 Å². The zero-order valence-electron chi connectivity index (χ0n) is 17.6. The molecule has 2 N–H and O–H groups in total. The standard InChI is InChI=1S/C21H23N5O4S/c1-13(20(28)24-18-11-17(29-3)8-9-19(18)30-4)31-21-25-22-12-26(21)16-7-5-6-15(10-16)23-14(2)27/h5-13H,1-4H3,(H,23,27)(H,24,28). The third-order valence-electron chi connectivity index (χ3n) is 4.28. The quantitative estimate of drug-likeness (QED) is 0.516. The number of benzene rings is 2. The molecule has 0 saturated heterocycles. The normalized spacial score (nSPS) is 11.5.